The fourth-order valence-electron chi connectivity index (χ4n) is 3.23. The van der Waals surface area contributed by atoms with E-state index in [9.17, 15) is 18.0 Å². The van der Waals surface area contributed by atoms with Gasteiger partial charge < -0.3 is 5.32 Å². The Balaban J connectivity index is 1.69. The van der Waals surface area contributed by atoms with E-state index >= 15 is 0 Å². The minimum absolute atomic E-state index is 0.0237. The number of anilines is 1. The molecule has 1 aromatic heterocycles. The SMILES string of the molecule is O=C(Nc1cc(F)cc(F)c1)c1nn(-c2ccc(F)cc2)c2c1CCC2. The van der Waals surface area contributed by atoms with Gasteiger partial charge in [0.2, 0.25) is 0 Å². The molecule has 0 radical (unpaired) electrons. The standard InChI is InChI=1S/C19H14F3N3O/c20-11-4-6-15(7-5-11)25-17-3-1-2-16(17)18(24-25)19(26)23-14-9-12(21)8-13(22)10-14/h4-10H,1-3H2,(H,23,26). The Morgan fingerprint density at radius 3 is 2.35 bits per heavy atom. The molecule has 1 aliphatic rings. The zero-order chi connectivity index (χ0) is 18.3. The van der Waals surface area contributed by atoms with E-state index in [2.05, 4.69) is 10.4 Å². The average Bonchev–Trinajstić information content (AvgIpc) is 3.17. The van der Waals surface area contributed by atoms with E-state index in [1.54, 1.807) is 16.8 Å². The average molecular weight is 357 g/mol. The van der Waals surface area contributed by atoms with Crippen molar-refractivity contribution in [2.75, 3.05) is 5.32 Å². The van der Waals surface area contributed by atoms with Crippen molar-refractivity contribution in [1.82, 2.24) is 9.78 Å². The van der Waals surface area contributed by atoms with Gasteiger partial charge in [-0.2, -0.15) is 5.10 Å². The smallest absolute Gasteiger partial charge is 0.276 e. The van der Waals surface area contributed by atoms with Crippen molar-refractivity contribution in [1.29, 1.82) is 0 Å². The van der Waals surface area contributed by atoms with Gasteiger partial charge in [-0.3, -0.25) is 4.79 Å². The Morgan fingerprint density at radius 1 is 0.962 bits per heavy atom. The normalized spacial score (nSPS) is 12.9. The summed E-state index contributed by atoms with van der Waals surface area (Å²) in [4.78, 5) is 12.6. The van der Waals surface area contributed by atoms with E-state index in [1.807, 2.05) is 0 Å². The highest BCUT2D eigenvalue weighted by Crippen LogP contribution is 2.28. The fourth-order valence-corrected chi connectivity index (χ4v) is 3.23. The lowest BCUT2D eigenvalue weighted by atomic mass is 10.2. The number of carbonyl (C=O) groups is 1. The summed E-state index contributed by atoms with van der Waals surface area (Å²) in [7, 11) is 0. The lowest BCUT2D eigenvalue weighted by Gasteiger charge is -2.06. The summed E-state index contributed by atoms with van der Waals surface area (Å²) in [6, 6.07) is 8.64. The van der Waals surface area contributed by atoms with E-state index in [0.717, 1.165) is 42.3 Å². The van der Waals surface area contributed by atoms with Crippen LogP contribution in [-0.2, 0) is 12.8 Å². The third kappa shape index (κ3) is 2.96. The molecule has 0 atom stereocenters. The molecule has 3 aromatic rings. The molecule has 4 rings (SSSR count). The maximum Gasteiger partial charge on any atom is 0.276 e. The van der Waals surface area contributed by atoms with Crippen LogP contribution in [0.4, 0.5) is 18.9 Å². The number of benzene rings is 2. The summed E-state index contributed by atoms with van der Waals surface area (Å²) < 4.78 is 41.4. The molecule has 1 heterocycles. The Hall–Kier alpha value is -3.09. The first-order valence-electron chi connectivity index (χ1n) is 8.15. The topological polar surface area (TPSA) is 46.9 Å². The monoisotopic (exact) mass is 357 g/mol. The van der Waals surface area contributed by atoms with Crippen molar-refractivity contribution in [3.05, 3.63) is 76.9 Å². The highest BCUT2D eigenvalue weighted by molar-refractivity contribution is 6.04. The van der Waals surface area contributed by atoms with Crippen molar-refractivity contribution in [3.8, 4) is 5.69 Å². The molecule has 0 spiro atoms. The van der Waals surface area contributed by atoms with Crippen molar-refractivity contribution in [2.45, 2.75) is 19.3 Å². The van der Waals surface area contributed by atoms with Crippen molar-refractivity contribution < 1.29 is 18.0 Å². The number of hydrogen-bond donors (Lipinski definition) is 1. The lowest BCUT2D eigenvalue weighted by molar-refractivity contribution is 0.102. The van der Waals surface area contributed by atoms with Gasteiger partial charge in [-0.25, -0.2) is 17.9 Å². The molecule has 132 valence electrons. The summed E-state index contributed by atoms with van der Waals surface area (Å²) in [5, 5.41) is 6.86. The molecule has 0 bridgehead atoms. The first-order chi connectivity index (χ1) is 12.5. The highest BCUT2D eigenvalue weighted by Gasteiger charge is 2.27. The van der Waals surface area contributed by atoms with Gasteiger partial charge in [0.1, 0.15) is 17.5 Å². The fraction of sp³-hybridized carbons (Fsp3) is 0.158. The molecule has 1 amide bonds. The van der Waals surface area contributed by atoms with Crippen molar-refractivity contribution in [2.24, 2.45) is 0 Å². The molecule has 4 nitrogen and oxygen atoms in total. The largest absolute Gasteiger partial charge is 0.320 e. The van der Waals surface area contributed by atoms with Crippen LogP contribution in [0.5, 0.6) is 0 Å². The molecule has 0 unspecified atom stereocenters. The Bertz CT molecular complexity index is 976. The number of hydrogen-bond acceptors (Lipinski definition) is 2. The minimum Gasteiger partial charge on any atom is -0.320 e. The second-order valence-corrected chi connectivity index (χ2v) is 6.13. The van der Waals surface area contributed by atoms with Crippen molar-refractivity contribution in [3.63, 3.8) is 0 Å². The molecule has 1 N–H and O–H groups in total. The molecule has 26 heavy (non-hydrogen) atoms. The Morgan fingerprint density at radius 2 is 1.65 bits per heavy atom. The van der Waals surface area contributed by atoms with Gasteiger partial charge in [-0.15, -0.1) is 0 Å². The predicted molar refractivity (Wildman–Crippen MR) is 89.9 cm³/mol. The molecule has 1 aliphatic carbocycles. The Kier molecular flexibility index (Phi) is 3.99. The van der Waals surface area contributed by atoms with Gasteiger partial charge in [0.15, 0.2) is 5.69 Å². The molecule has 0 aliphatic heterocycles. The highest BCUT2D eigenvalue weighted by atomic mass is 19.1. The zero-order valence-electron chi connectivity index (χ0n) is 13.6. The first-order valence-corrected chi connectivity index (χ1v) is 8.15. The van der Waals surface area contributed by atoms with Crippen LogP contribution >= 0.6 is 0 Å². The first kappa shape index (κ1) is 16.4. The van der Waals surface area contributed by atoms with Crippen LogP contribution in [0.2, 0.25) is 0 Å². The van der Waals surface area contributed by atoms with Gasteiger partial charge in [0, 0.05) is 23.0 Å². The summed E-state index contributed by atoms with van der Waals surface area (Å²) >= 11 is 0. The van der Waals surface area contributed by atoms with E-state index < -0.39 is 17.5 Å². The molecular weight excluding hydrogens is 343 g/mol. The number of fused-ring (bicyclic) bond motifs is 1. The third-order valence-corrected chi connectivity index (χ3v) is 4.34. The number of halogens is 3. The number of rotatable bonds is 3. The van der Waals surface area contributed by atoms with E-state index in [0.29, 0.717) is 12.1 Å². The molecule has 0 saturated heterocycles. The summed E-state index contributed by atoms with van der Waals surface area (Å²) in [5.74, 6) is -2.44. The van der Waals surface area contributed by atoms with Gasteiger partial charge in [-0.1, -0.05) is 0 Å². The van der Waals surface area contributed by atoms with Crippen LogP contribution in [-0.4, -0.2) is 15.7 Å². The zero-order valence-corrected chi connectivity index (χ0v) is 13.6. The number of carbonyl (C=O) groups excluding carboxylic acids is 1. The van der Waals surface area contributed by atoms with E-state index in [-0.39, 0.29) is 17.2 Å². The second kappa shape index (κ2) is 6.33. The van der Waals surface area contributed by atoms with Gasteiger partial charge in [-0.05, 0) is 55.7 Å². The quantitative estimate of drug-likeness (QED) is 0.769. The molecule has 0 fully saturated rings. The van der Waals surface area contributed by atoms with Crippen LogP contribution in [0, 0.1) is 17.5 Å². The molecule has 0 saturated carbocycles. The van der Waals surface area contributed by atoms with Crippen molar-refractivity contribution >= 4 is 11.6 Å². The van der Waals surface area contributed by atoms with Crippen LogP contribution in [0.25, 0.3) is 5.69 Å². The van der Waals surface area contributed by atoms with Gasteiger partial charge in [0.25, 0.3) is 5.91 Å². The number of aromatic nitrogens is 2. The van der Waals surface area contributed by atoms with E-state index in [1.165, 1.54) is 12.1 Å². The summed E-state index contributed by atoms with van der Waals surface area (Å²) in [6.07, 6.45) is 2.32. The maximum absolute atomic E-state index is 13.3. The molecular formula is C19H14F3N3O. The molecule has 2 aromatic carbocycles. The summed E-state index contributed by atoms with van der Waals surface area (Å²) in [6.45, 7) is 0. The van der Waals surface area contributed by atoms with E-state index in [4.69, 9.17) is 0 Å². The number of amides is 1. The van der Waals surface area contributed by atoms with Crippen LogP contribution in [0.3, 0.4) is 0 Å². The minimum atomic E-state index is -0.776. The number of nitrogens with one attached hydrogen (secondary N) is 1. The van der Waals surface area contributed by atoms with Crippen LogP contribution < -0.4 is 5.32 Å². The summed E-state index contributed by atoms with van der Waals surface area (Å²) in [5.41, 5.74) is 2.60. The Labute approximate surface area is 147 Å². The number of nitrogens with zero attached hydrogens (tertiary/aromatic N) is 2. The predicted octanol–water partition coefficient (Wildman–Crippen LogP) is 4.03. The molecule has 7 heteroatoms. The van der Waals surface area contributed by atoms with Crippen LogP contribution in [0.15, 0.2) is 42.5 Å². The lowest BCUT2D eigenvalue weighted by Crippen LogP contribution is -2.15. The van der Waals surface area contributed by atoms with Crippen LogP contribution in [0.1, 0.15) is 28.2 Å². The second-order valence-electron chi connectivity index (χ2n) is 6.13. The van der Waals surface area contributed by atoms with Gasteiger partial charge in [0.05, 0.1) is 5.69 Å². The third-order valence-electron chi connectivity index (χ3n) is 4.34. The van der Waals surface area contributed by atoms with Gasteiger partial charge >= 0.3 is 0 Å². The maximum atomic E-state index is 13.3.